The zero-order valence-corrected chi connectivity index (χ0v) is 11.7. The normalized spacial score (nSPS) is 16.4. The second kappa shape index (κ2) is 4.35. The van der Waals surface area contributed by atoms with Crippen molar-refractivity contribution in [3.05, 3.63) is 47.5 Å². The lowest BCUT2D eigenvalue weighted by atomic mass is 9.94. The van der Waals surface area contributed by atoms with Crippen LogP contribution in [-0.2, 0) is 12.8 Å². The van der Waals surface area contributed by atoms with Gasteiger partial charge in [0.25, 0.3) is 0 Å². The van der Waals surface area contributed by atoms with Gasteiger partial charge in [-0.1, -0.05) is 12.2 Å². The quantitative estimate of drug-likeness (QED) is 0.745. The van der Waals surface area contributed by atoms with Gasteiger partial charge in [0, 0.05) is 36.6 Å². The number of pyridine rings is 1. The Hall–Kier alpha value is -1.81. The van der Waals surface area contributed by atoms with Gasteiger partial charge in [-0.3, -0.25) is 4.98 Å². The summed E-state index contributed by atoms with van der Waals surface area (Å²) in [6, 6.07) is 5.60. The summed E-state index contributed by atoms with van der Waals surface area (Å²) in [6.45, 7) is 0.958. The molecule has 4 rings (SSSR count). The Labute approximate surface area is 122 Å². The fraction of sp³-hybridized carbons (Fsp3) is 0.250. The average molecular weight is 284 g/mol. The summed E-state index contributed by atoms with van der Waals surface area (Å²) in [4.78, 5) is 7.32. The Morgan fingerprint density at radius 1 is 1.15 bits per heavy atom. The van der Waals surface area contributed by atoms with Crippen molar-refractivity contribution in [3.8, 4) is 11.1 Å². The number of aromatic nitrogens is 1. The molecule has 0 saturated heterocycles. The molecule has 0 radical (unpaired) electrons. The van der Waals surface area contributed by atoms with Gasteiger partial charge in [0.15, 0.2) is 0 Å². The van der Waals surface area contributed by atoms with Crippen LogP contribution in [0.3, 0.4) is 0 Å². The molecular weight excluding hydrogens is 271 g/mol. The zero-order chi connectivity index (χ0) is 13.7. The van der Waals surface area contributed by atoms with Gasteiger partial charge in [-0.05, 0) is 47.7 Å². The number of aryl methyl sites for hydroxylation is 1. The molecule has 2 aliphatic rings. The van der Waals surface area contributed by atoms with E-state index in [1.54, 1.807) is 6.20 Å². The molecule has 0 fully saturated rings. The number of benzene rings is 1. The number of halogens is 1. The highest BCUT2D eigenvalue weighted by molar-refractivity contribution is 7.80. The van der Waals surface area contributed by atoms with Crippen LogP contribution in [0.1, 0.15) is 17.5 Å². The highest BCUT2D eigenvalue weighted by Crippen LogP contribution is 2.40. The average Bonchev–Trinajstić information content (AvgIpc) is 2.89. The molecule has 0 unspecified atom stereocenters. The van der Waals surface area contributed by atoms with Crippen LogP contribution in [0, 0.1) is 5.82 Å². The fourth-order valence-electron chi connectivity index (χ4n) is 3.20. The van der Waals surface area contributed by atoms with Crippen molar-refractivity contribution in [2.45, 2.75) is 19.3 Å². The van der Waals surface area contributed by atoms with E-state index in [1.807, 2.05) is 0 Å². The minimum absolute atomic E-state index is 0.215. The van der Waals surface area contributed by atoms with E-state index >= 15 is 0 Å². The first-order chi connectivity index (χ1) is 9.74. The number of rotatable bonds is 1. The maximum atomic E-state index is 13.9. The molecule has 20 heavy (non-hydrogen) atoms. The summed E-state index contributed by atoms with van der Waals surface area (Å²) in [7, 11) is 0. The van der Waals surface area contributed by atoms with Gasteiger partial charge in [0.2, 0.25) is 0 Å². The predicted octanol–water partition coefficient (Wildman–Crippen LogP) is 3.52. The second-order valence-corrected chi connectivity index (χ2v) is 5.77. The number of nitrogens with zero attached hydrogens (tertiary/aromatic N) is 2. The summed E-state index contributed by atoms with van der Waals surface area (Å²) in [6.07, 6.45) is 5.94. The van der Waals surface area contributed by atoms with E-state index < -0.39 is 0 Å². The van der Waals surface area contributed by atoms with Crippen LogP contribution >= 0.6 is 12.2 Å². The summed E-state index contributed by atoms with van der Waals surface area (Å²) in [5.41, 5.74) is 5.35. The first-order valence-corrected chi connectivity index (χ1v) is 7.21. The molecule has 0 spiro atoms. The Morgan fingerprint density at radius 3 is 2.75 bits per heavy atom. The standard InChI is InChI=1S/C16H13FN2S/c17-14-3-5-18-9-13(14)12-7-10-1-2-15(20)19-6-4-11(8-12)16(10)19/h3,5,7-9H,1-2,4,6H2. The lowest BCUT2D eigenvalue weighted by Gasteiger charge is -2.28. The molecule has 2 aliphatic heterocycles. The maximum absolute atomic E-state index is 13.9. The van der Waals surface area contributed by atoms with Crippen molar-refractivity contribution < 1.29 is 4.39 Å². The Kier molecular flexibility index (Phi) is 2.60. The number of thiocarbonyl (C=S) groups is 1. The number of anilines is 1. The van der Waals surface area contributed by atoms with Crippen molar-refractivity contribution in [2.75, 3.05) is 11.4 Å². The van der Waals surface area contributed by atoms with Crippen molar-refractivity contribution in [2.24, 2.45) is 0 Å². The Morgan fingerprint density at radius 2 is 1.95 bits per heavy atom. The van der Waals surface area contributed by atoms with E-state index in [4.69, 9.17) is 12.2 Å². The van der Waals surface area contributed by atoms with Crippen LogP contribution in [0.2, 0.25) is 0 Å². The molecule has 3 heterocycles. The molecule has 0 N–H and O–H groups in total. The third kappa shape index (κ3) is 1.68. The van der Waals surface area contributed by atoms with Crippen LogP contribution in [-0.4, -0.2) is 16.5 Å². The lowest BCUT2D eigenvalue weighted by Crippen LogP contribution is -2.31. The Balaban J connectivity index is 1.90. The minimum Gasteiger partial charge on any atom is -0.335 e. The third-order valence-electron chi connectivity index (χ3n) is 4.13. The van der Waals surface area contributed by atoms with Gasteiger partial charge in [0.05, 0.1) is 4.99 Å². The smallest absolute Gasteiger partial charge is 0.134 e. The molecule has 4 heteroatoms. The SMILES string of the molecule is Fc1ccncc1-c1cc2c3c(c1)CCN3C(=S)CC2. The van der Waals surface area contributed by atoms with Crippen LogP contribution in [0.15, 0.2) is 30.6 Å². The van der Waals surface area contributed by atoms with Crippen molar-refractivity contribution in [3.63, 3.8) is 0 Å². The molecule has 1 aromatic carbocycles. The molecular formula is C16H13FN2S. The van der Waals surface area contributed by atoms with Crippen molar-refractivity contribution in [1.29, 1.82) is 0 Å². The lowest BCUT2D eigenvalue weighted by molar-refractivity contribution is 0.629. The summed E-state index contributed by atoms with van der Waals surface area (Å²) in [5, 5.41) is 0. The van der Waals surface area contributed by atoms with Gasteiger partial charge < -0.3 is 4.90 Å². The van der Waals surface area contributed by atoms with Crippen molar-refractivity contribution in [1.82, 2.24) is 4.98 Å². The van der Waals surface area contributed by atoms with Crippen LogP contribution in [0.25, 0.3) is 11.1 Å². The first kappa shape index (κ1) is 12.0. The van der Waals surface area contributed by atoms with Crippen LogP contribution in [0.4, 0.5) is 10.1 Å². The molecule has 0 atom stereocenters. The van der Waals surface area contributed by atoms with E-state index in [0.29, 0.717) is 5.56 Å². The molecule has 0 aliphatic carbocycles. The van der Waals surface area contributed by atoms with Gasteiger partial charge in [0.1, 0.15) is 5.82 Å². The van der Waals surface area contributed by atoms with Crippen molar-refractivity contribution >= 4 is 22.9 Å². The monoisotopic (exact) mass is 284 g/mol. The van der Waals surface area contributed by atoms with E-state index in [0.717, 1.165) is 36.4 Å². The van der Waals surface area contributed by atoms with Gasteiger partial charge in [-0.25, -0.2) is 4.39 Å². The molecule has 2 aromatic rings. The molecule has 0 saturated carbocycles. The van der Waals surface area contributed by atoms with Crippen LogP contribution in [0.5, 0.6) is 0 Å². The van der Waals surface area contributed by atoms with Crippen LogP contribution < -0.4 is 4.90 Å². The first-order valence-electron chi connectivity index (χ1n) is 6.80. The molecule has 2 nitrogen and oxygen atoms in total. The van der Waals surface area contributed by atoms with E-state index in [-0.39, 0.29) is 5.82 Å². The fourth-order valence-corrected chi connectivity index (χ4v) is 3.49. The van der Waals surface area contributed by atoms with Gasteiger partial charge in [-0.15, -0.1) is 0 Å². The summed E-state index contributed by atoms with van der Waals surface area (Å²) >= 11 is 5.44. The predicted molar refractivity (Wildman–Crippen MR) is 81.6 cm³/mol. The summed E-state index contributed by atoms with van der Waals surface area (Å²) in [5.74, 6) is -0.215. The zero-order valence-electron chi connectivity index (χ0n) is 10.9. The number of hydrogen-bond acceptors (Lipinski definition) is 2. The molecule has 0 amide bonds. The highest BCUT2D eigenvalue weighted by atomic mass is 32.1. The minimum atomic E-state index is -0.215. The molecule has 0 bridgehead atoms. The van der Waals surface area contributed by atoms with E-state index in [9.17, 15) is 4.39 Å². The largest absolute Gasteiger partial charge is 0.335 e. The number of hydrogen-bond donors (Lipinski definition) is 0. The topological polar surface area (TPSA) is 16.1 Å². The van der Waals surface area contributed by atoms with Gasteiger partial charge in [-0.2, -0.15) is 0 Å². The van der Waals surface area contributed by atoms with E-state index in [2.05, 4.69) is 22.0 Å². The Bertz CT molecular complexity index is 726. The maximum Gasteiger partial charge on any atom is 0.134 e. The summed E-state index contributed by atoms with van der Waals surface area (Å²) < 4.78 is 13.9. The molecule has 100 valence electrons. The van der Waals surface area contributed by atoms with E-state index in [1.165, 1.54) is 29.1 Å². The highest BCUT2D eigenvalue weighted by Gasteiger charge is 2.29. The molecule has 1 aromatic heterocycles. The third-order valence-corrected chi connectivity index (χ3v) is 4.56. The second-order valence-electron chi connectivity index (χ2n) is 5.29. The van der Waals surface area contributed by atoms with Gasteiger partial charge >= 0.3 is 0 Å².